The van der Waals surface area contributed by atoms with Crippen LogP contribution in [0.3, 0.4) is 0 Å². The van der Waals surface area contributed by atoms with Gasteiger partial charge in [0, 0.05) is 19.3 Å². The zero-order valence-corrected chi connectivity index (χ0v) is 42.7. The molecule has 0 aromatic rings. The van der Waals surface area contributed by atoms with E-state index >= 15 is 0 Å². The minimum absolute atomic E-state index is 0.0984. The van der Waals surface area contributed by atoms with Gasteiger partial charge in [-0.15, -0.1) is 0 Å². The second kappa shape index (κ2) is 53.5. The third-order valence-electron chi connectivity index (χ3n) is 11.7. The van der Waals surface area contributed by atoms with Crippen molar-refractivity contribution in [3.8, 4) is 0 Å². The van der Waals surface area contributed by atoms with Gasteiger partial charge < -0.3 is 14.2 Å². The van der Waals surface area contributed by atoms with Gasteiger partial charge >= 0.3 is 17.9 Å². The van der Waals surface area contributed by atoms with Gasteiger partial charge in [-0.05, 0) is 103 Å². The van der Waals surface area contributed by atoms with Crippen LogP contribution < -0.4 is 0 Å². The van der Waals surface area contributed by atoms with E-state index in [9.17, 15) is 14.4 Å². The second-order valence-corrected chi connectivity index (χ2v) is 18.1. The van der Waals surface area contributed by atoms with E-state index < -0.39 is 6.10 Å². The van der Waals surface area contributed by atoms with E-state index in [1.54, 1.807) is 0 Å². The maximum Gasteiger partial charge on any atom is 0.306 e. The molecule has 0 N–H and O–H groups in total. The van der Waals surface area contributed by atoms with E-state index in [-0.39, 0.29) is 37.5 Å². The Morgan fingerprint density at radius 3 is 1.02 bits per heavy atom. The number of unbranched alkanes of at least 4 members (excludes halogenated alkanes) is 26. The van der Waals surface area contributed by atoms with E-state index in [1.165, 1.54) is 128 Å². The normalized spacial score (nSPS) is 12.6. The Balaban J connectivity index is 4.47. The second-order valence-electron chi connectivity index (χ2n) is 18.1. The first kappa shape index (κ1) is 61.9. The third kappa shape index (κ3) is 51.7. The minimum atomic E-state index is -0.803. The average molecular weight is 907 g/mol. The fraction of sp³-hybridized carbons (Fsp3) is 0.746. The molecule has 0 saturated carbocycles. The smallest absolute Gasteiger partial charge is 0.306 e. The van der Waals surface area contributed by atoms with Gasteiger partial charge in [-0.25, -0.2) is 0 Å². The number of carbonyl (C=O) groups excluding carboxylic acids is 3. The molecule has 0 aromatic heterocycles. The standard InChI is InChI=1S/C59H102O6/c1-4-7-10-13-16-19-22-25-28-30-32-34-37-40-43-46-49-52-58(61)64-55-56(54-63-57(60)51-48-45-42-39-36-33-27-24-21-18-15-12-9-6-3)65-59(62)53-50-47-44-41-38-35-31-29-26-23-20-17-14-11-8-5-2/h9,12,18,21,25,28-29,31-32,34,40,43,56H,4-8,10-11,13-17,19-20,22-24,26-27,30,33,35-39,41-42,44-55H2,1-3H3/b12-9-,21-18-,28-25-,31-29-,34-32-,43-40-. The zero-order valence-electron chi connectivity index (χ0n) is 42.7. The van der Waals surface area contributed by atoms with Crippen molar-refractivity contribution in [1.82, 2.24) is 0 Å². The van der Waals surface area contributed by atoms with Crippen LogP contribution in [0.4, 0.5) is 0 Å². The number of hydrogen-bond acceptors (Lipinski definition) is 6. The molecule has 0 saturated heterocycles. The molecule has 65 heavy (non-hydrogen) atoms. The lowest BCUT2D eigenvalue weighted by Gasteiger charge is -2.18. The molecule has 6 nitrogen and oxygen atoms in total. The molecule has 0 aromatic carbocycles. The first-order valence-electron chi connectivity index (χ1n) is 27.4. The Hall–Kier alpha value is -3.15. The van der Waals surface area contributed by atoms with E-state index in [4.69, 9.17) is 14.2 Å². The van der Waals surface area contributed by atoms with Crippen molar-refractivity contribution < 1.29 is 28.6 Å². The van der Waals surface area contributed by atoms with Crippen molar-refractivity contribution >= 4 is 17.9 Å². The summed E-state index contributed by atoms with van der Waals surface area (Å²) in [7, 11) is 0. The highest BCUT2D eigenvalue weighted by Gasteiger charge is 2.19. The van der Waals surface area contributed by atoms with Crippen LogP contribution in [-0.2, 0) is 28.6 Å². The fourth-order valence-electron chi connectivity index (χ4n) is 7.55. The maximum atomic E-state index is 12.8. The molecule has 0 aliphatic carbocycles. The lowest BCUT2D eigenvalue weighted by atomic mass is 10.1. The van der Waals surface area contributed by atoms with Crippen LogP contribution in [0.1, 0.15) is 265 Å². The average Bonchev–Trinajstić information content (AvgIpc) is 3.30. The van der Waals surface area contributed by atoms with Crippen LogP contribution >= 0.6 is 0 Å². The van der Waals surface area contributed by atoms with Crippen molar-refractivity contribution in [2.75, 3.05) is 13.2 Å². The summed E-state index contributed by atoms with van der Waals surface area (Å²) < 4.78 is 16.8. The van der Waals surface area contributed by atoms with Crippen molar-refractivity contribution in [3.63, 3.8) is 0 Å². The molecule has 374 valence electrons. The van der Waals surface area contributed by atoms with Crippen LogP contribution in [-0.4, -0.2) is 37.2 Å². The van der Waals surface area contributed by atoms with Gasteiger partial charge in [-0.3, -0.25) is 14.4 Å². The Bertz CT molecular complexity index is 1230. The van der Waals surface area contributed by atoms with Crippen molar-refractivity contribution in [3.05, 3.63) is 72.9 Å². The molecular formula is C59H102O6. The molecule has 1 unspecified atom stereocenters. The van der Waals surface area contributed by atoms with Crippen molar-refractivity contribution in [2.45, 2.75) is 271 Å². The highest BCUT2D eigenvalue weighted by Crippen LogP contribution is 2.14. The van der Waals surface area contributed by atoms with Gasteiger partial charge in [0.25, 0.3) is 0 Å². The predicted octanol–water partition coefficient (Wildman–Crippen LogP) is 18.2. The molecule has 0 heterocycles. The molecule has 1 atom stereocenters. The molecular weight excluding hydrogens is 805 g/mol. The number of allylic oxidation sites excluding steroid dienone is 12. The van der Waals surface area contributed by atoms with E-state index in [2.05, 4.69) is 93.7 Å². The topological polar surface area (TPSA) is 78.9 Å². The first-order chi connectivity index (χ1) is 32.0. The summed E-state index contributed by atoms with van der Waals surface area (Å²) >= 11 is 0. The Kier molecular flexibility index (Phi) is 50.9. The summed E-state index contributed by atoms with van der Waals surface area (Å²) in [5.41, 5.74) is 0. The fourth-order valence-corrected chi connectivity index (χ4v) is 7.55. The number of esters is 3. The van der Waals surface area contributed by atoms with E-state index in [1.807, 2.05) is 0 Å². The van der Waals surface area contributed by atoms with E-state index in [0.717, 1.165) is 89.9 Å². The highest BCUT2D eigenvalue weighted by atomic mass is 16.6. The summed E-state index contributed by atoms with van der Waals surface area (Å²) in [6, 6.07) is 0. The van der Waals surface area contributed by atoms with E-state index in [0.29, 0.717) is 19.3 Å². The van der Waals surface area contributed by atoms with Crippen LogP contribution in [0.25, 0.3) is 0 Å². The molecule has 0 bridgehead atoms. The lowest BCUT2D eigenvalue weighted by molar-refractivity contribution is -0.167. The summed E-state index contributed by atoms with van der Waals surface area (Å²) in [5, 5.41) is 0. The molecule has 0 spiro atoms. The molecule has 0 aliphatic rings. The monoisotopic (exact) mass is 907 g/mol. The molecule has 0 fully saturated rings. The molecule has 0 radical (unpaired) electrons. The van der Waals surface area contributed by atoms with Crippen LogP contribution in [0.5, 0.6) is 0 Å². The number of rotatable bonds is 49. The van der Waals surface area contributed by atoms with Crippen LogP contribution in [0, 0.1) is 0 Å². The lowest BCUT2D eigenvalue weighted by Crippen LogP contribution is -2.30. The van der Waals surface area contributed by atoms with Gasteiger partial charge in [0.2, 0.25) is 0 Å². The van der Waals surface area contributed by atoms with Gasteiger partial charge in [-0.2, -0.15) is 0 Å². The summed E-state index contributed by atoms with van der Waals surface area (Å²) in [6.45, 7) is 6.48. The molecule has 0 rings (SSSR count). The number of ether oxygens (including phenoxy) is 3. The highest BCUT2D eigenvalue weighted by molar-refractivity contribution is 5.71. The van der Waals surface area contributed by atoms with Crippen LogP contribution in [0.15, 0.2) is 72.9 Å². The number of hydrogen-bond donors (Lipinski definition) is 0. The Morgan fingerprint density at radius 1 is 0.323 bits per heavy atom. The first-order valence-corrected chi connectivity index (χ1v) is 27.4. The summed E-state index contributed by atoms with van der Waals surface area (Å²) in [6.07, 6.45) is 67.5. The quantitative estimate of drug-likeness (QED) is 0.0262. The number of carbonyl (C=O) groups is 3. The molecule has 0 aliphatic heterocycles. The minimum Gasteiger partial charge on any atom is -0.462 e. The molecule has 6 heteroatoms. The zero-order chi connectivity index (χ0) is 47.2. The third-order valence-corrected chi connectivity index (χ3v) is 11.7. The summed E-state index contributed by atoms with van der Waals surface area (Å²) in [5.74, 6) is -0.964. The maximum absolute atomic E-state index is 12.8. The van der Waals surface area contributed by atoms with Gasteiger partial charge in [0.1, 0.15) is 13.2 Å². The largest absolute Gasteiger partial charge is 0.462 e. The van der Waals surface area contributed by atoms with Crippen molar-refractivity contribution in [2.24, 2.45) is 0 Å². The van der Waals surface area contributed by atoms with Gasteiger partial charge in [0.15, 0.2) is 6.10 Å². The molecule has 0 amide bonds. The van der Waals surface area contributed by atoms with Gasteiger partial charge in [0.05, 0.1) is 0 Å². The Morgan fingerprint density at radius 2 is 0.615 bits per heavy atom. The Labute approximate surface area is 402 Å². The van der Waals surface area contributed by atoms with Gasteiger partial charge in [-0.1, -0.05) is 216 Å². The van der Waals surface area contributed by atoms with Crippen LogP contribution in [0.2, 0.25) is 0 Å². The van der Waals surface area contributed by atoms with Crippen molar-refractivity contribution in [1.29, 1.82) is 0 Å². The SMILES string of the molecule is CC/C=C\C/C=C\CCCCCCCCCC(=O)OCC(COC(=O)CCC/C=C\C/C=C\C/C=C\CCCCCCCC)OC(=O)CCCCCCC/C=C\CCCCCCCCC. The predicted molar refractivity (Wildman–Crippen MR) is 279 cm³/mol. The summed E-state index contributed by atoms with van der Waals surface area (Å²) in [4.78, 5) is 38.0.